The highest BCUT2D eigenvalue weighted by atomic mass is 16.5. The molecular weight excluding hydrogens is 446 g/mol. The molecule has 1 saturated heterocycles. The molecule has 0 aliphatic carbocycles. The van der Waals surface area contributed by atoms with Crippen molar-refractivity contribution < 1.29 is 23.8 Å². The molecule has 2 N–H and O–H groups in total. The molecule has 3 aromatic rings. The zero-order valence-electron chi connectivity index (χ0n) is 19.8. The Kier molecular flexibility index (Phi) is 5.72. The Morgan fingerprint density at radius 2 is 1.83 bits per heavy atom. The molecule has 0 unspecified atom stereocenters. The second-order valence-corrected chi connectivity index (χ2v) is 8.56. The molecule has 0 radical (unpaired) electrons. The lowest BCUT2D eigenvalue weighted by molar-refractivity contribution is -0.131. The second kappa shape index (κ2) is 8.87. The summed E-state index contributed by atoms with van der Waals surface area (Å²) in [6.07, 6.45) is 0. The monoisotopic (exact) mass is 473 g/mol. The van der Waals surface area contributed by atoms with Gasteiger partial charge < -0.3 is 24.8 Å². The van der Waals surface area contributed by atoms with Crippen LogP contribution in [0.1, 0.15) is 25.5 Å². The van der Waals surface area contributed by atoms with Crippen LogP contribution in [0.3, 0.4) is 0 Å². The van der Waals surface area contributed by atoms with Gasteiger partial charge in [-0.2, -0.15) is 0 Å². The number of anilines is 2. The van der Waals surface area contributed by atoms with Crippen molar-refractivity contribution in [3.63, 3.8) is 0 Å². The van der Waals surface area contributed by atoms with Gasteiger partial charge in [-0.05, 0) is 56.3 Å². The molecule has 2 bridgehead atoms. The molecule has 2 aliphatic rings. The summed E-state index contributed by atoms with van der Waals surface area (Å²) >= 11 is 0. The van der Waals surface area contributed by atoms with Gasteiger partial charge in [0.05, 0.1) is 19.8 Å². The highest BCUT2D eigenvalue weighted by molar-refractivity contribution is 6.01. The predicted molar refractivity (Wildman–Crippen MR) is 132 cm³/mol. The lowest BCUT2D eigenvalue weighted by Crippen LogP contribution is -2.72. The van der Waals surface area contributed by atoms with Crippen LogP contribution < -0.4 is 29.7 Å². The standard InChI is InChI=1S/C27H27N3O5/c1-4-34-21-12-8-11-20-23-22(25(31)28-17-13-15-19(33-3)16-14-17)27(2,35-24(20)21)30(26(32)29-23)18-9-6-5-7-10-18/h5-16,22-23H,4H2,1-3H3,(H,28,31)(H,29,32)/t22-,23+,27+/m1/s1. The summed E-state index contributed by atoms with van der Waals surface area (Å²) in [6, 6.07) is 20.8. The maximum absolute atomic E-state index is 13.8. The highest BCUT2D eigenvalue weighted by Crippen LogP contribution is 2.52. The van der Waals surface area contributed by atoms with Gasteiger partial charge in [-0.1, -0.05) is 30.3 Å². The van der Waals surface area contributed by atoms with E-state index in [-0.39, 0.29) is 11.9 Å². The Morgan fingerprint density at radius 1 is 1.09 bits per heavy atom. The number of hydrogen-bond donors (Lipinski definition) is 2. The van der Waals surface area contributed by atoms with Crippen molar-refractivity contribution in [1.82, 2.24) is 5.32 Å². The molecule has 0 saturated carbocycles. The first-order valence-electron chi connectivity index (χ1n) is 11.5. The third kappa shape index (κ3) is 3.80. The first-order chi connectivity index (χ1) is 17.0. The third-order valence-electron chi connectivity index (χ3n) is 6.44. The number of nitrogens with zero attached hydrogens (tertiary/aromatic N) is 1. The first-order valence-corrected chi connectivity index (χ1v) is 11.5. The number of rotatable bonds is 6. The van der Waals surface area contributed by atoms with E-state index in [9.17, 15) is 9.59 Å². The molecule has 5 rings (SSSR count). The van der Waals surface area contributed by atoms with Gasteiger partial charge in [-0.15, -0.1) is 0 Å². The molecule has 8 nitrogen and oxygen atoms in total. The van der Waals surface area contributed by atoms with Crippen LogP contribution >= 0.6 is 0 Å². The minimum atomic E-state index is -1.33. The number of hydrogen-bond acceptors (Lipinski definition) is 5. The molecule has 3 aromatic carbocycles. The number of carbonyl (C=O) groups excluding carboxylic acids is 2. The fraction of sp³-hybridized carbons (Fsp3) is 0.259. The SMILES string of the molecule is CCOc1cccc2c1O[C@@]1(C)[C@@H](C(=O)Nc3ccc(OC)cc3)[C@H]2NC(=O)N1c1ccccc1. The van der Waals surface area contributed by atoms with Crippen LogP contribution in [0.5, 0.6) is 17.2 Å². The average Bonchev–Trinajstić information content (AvgIpc) is 2.85. The van der Waals surface area contributed by atoms with Crippen LogP contribution in [0.15, 0.2) is 72.8 Å². The number of nitrogens with one attached hydrogen (secondary N) is 2. The summed E-state index contributed by atoms with van der Waals surface area (Å²) in [5, 5.41) is 6.04. The van der Waals surface area contributed by atoms with Crippen LogP contribution in [0.25, 0.3) is 0 Å². The topological polar surface area (TPSA) is 89.1 Å². The Balaban J connectivity index is 1.61. The molecule has 8 heteroatoms. The summed E-state index contributed by atoms with van der Waals surface area (Å²) in [5.41, 5.74) is 0.601. The lowest BCUT2D eigenvalue weighted by Gasteiger charge is -2.54. The number of urea groups is 1. The number of benzene rings is 3. The van der Waals surface area contributed by atoms with Crippen molar-refractivity contribution >= 4 is 23.3 Å². The van der Waals surface area contributed by atoms with Gasteiger partial charge in [0.15, 0.2) is 11.5 Å². The molecule has 0 spiro atoms. The highest BCUT2D eigenvalue weighted by Gasteiger charge is 2.60. The molecule has 2 aliphatic heterocycles. The van der Waals surface area contributed by atoms with Crippen LogP contribution in [0.2, 0.25) is 0 Å². The van der Waals surface area contributed by atoms with Crippen LogP contribution in [0, 0.1) is 5.92 Å². The third-order valence-corrected chi connectivity index (χ3v) is 6.44. The molecular formula is C27H27N3O5. The van der Waals surface area contributed by atoms with Crippen molar-refractivity contribution in [2.24, 2.45) is 5.92 Å². The molecule has 2 heterocycles. The number of amides is 3. The number of fused-ring (bicyclic) bond motifs is 4. The Morgan fingerprint density at radius 3 is 2.51 bits per heavy atom. The summed E-state index contributed by atoms with van der Waals surface area (Å²) < 4.78 is 17.6. The van der Waals surface area contributed by atoms with Gasteiger partial charge in [-0.25, -0.2) is 4.79 Å². The van der Waals surface area contributed by atoms with Crippen molar-refractivity contribution in [2.45, 2.75) is 25.6 Å². The van der Waals surface area contributed by atoms with Crippen molar-refractivity contribution in [2.75, 3.05) is 23.9 Å². The normalized spacial score (nSPS) is 22.4. The fourth-order valence-corrected chi connectivity index (χ4v) is 4.90. The maximum Gasteiger partial charge on any atom is 0.325 e. The van der Waals surface area contributed by atoms with Gasteiger partial charge >= 0.3 is 6.03 Å². The number of ether oxygens (including phenoxy) is 3. The summed E-state index contributed by atoms with van der Waals surface area (Å²) in [6.45, 7) is 4.13. The van der Waals surface area contributed by atoms with E-state index < -0.39 is 17.7 Å². The summed E-state index contributed by atoms with van der Waals surface area (Å²) in [7, 11) is 1.59. The minimum Gasteiger partial charge on any atom is -0.497 e. The largest absolute Gasteiger partial charge is 0.497 e. The quantitative estimate of drug-likeness (QED) is 0.540. The molecule has 3 atom stereocenters. The molecule has 3 amide bonds. The predicted octanol–water partition coefficient (Wildman–Crippen LogP) is 4.73. The smallest absolute Gasteiger partial charge is 0.325 e. The van der Waals surface area contributed by atoms with E-state index in [0.29, 0.717) is 40.8 Å². The Bertz CT molecular complexity index is 1250. The van der Waals surface area contributed by atoms with Crippen molar-refractivity contribution in [3.8, 4) is 17.2 Å². The fourth-order valence-electron chi connectivity index (χ4n) is 4.90. The summed E-state index contributed by atoms with van der Waals surface area (Å²) in [5.74, 6) is 0.728. The van der Waals surface area contributed by atoms with E-state index in [1.807, 2.05) is 55.5 Å². The number of methoxy groups -OCH3 is 1. The molecule has 0 aromatic heterocycles. The Hall–Kier alpha value is -4.20. The lowest BCUT2D eigenvalue weighted by atomic mass is 9.78. The first kappa shape index (κ1) is 22.6. The van der Waals surface area contributed by atoms with Gasteiger partial charge in [0.2, 0.25) is 11.6 Å². The van der Waals surface area contributed by atoms with Crippen LogP contribution in [-0.4, -0.2) is 31.4 Å². The van der Waals surface area contributed by atoms with Gasteiger partial charge in [-0.3, -0.25) is 9.69 Å². The zero-order valence-corrected chi connectivity index (χ0v) is 19.8. The second-order valence-electron chi connectivity index (χ2n) is 8.56. The van der Waals surface area contributed by atoms with Gasteiger partial charge in [0, 0.05) is 16.9 Å². The number of para-hydroxylation sites is 2. The van der Waals surface area contributed by atoms with Crippen molar-refractivity contribution in [3.05, 3.63) is 78.4 Å². The van der Waals surface area contributed by atoms with Crippen molar-refractivity contribution in [1.29, 1.82) is 0 Å². The number of carbonyl (C=O) groups is 2. The molecule has 1 fully saturated rings. The van der Waals surface area contributed by atoms with Crippen LogP contribution in [-0.2, 0) is 4.79 Å². The van der Waals surface area contributed by atoms with Gasteiger partial charge in [0.25, 0.3) is 0 Å². The van der Waals surface area contributed by atoms with E-state index in [1.54, 1.807) is 38.3 Å². The minimum absolute atomic E-state index is 0.281. The molecule has 180 valence electrons. The molecule has 35 heavy (non-hydrogen) atoms. The van der Waals surface area contributed by atoms with E-state index >= 15 is 0 Å². The van der Waals surface area contributed by atoms with E-state index in [0.717, 1.165) is 0 Å². The van der Waals surface area contributed by atoms with Gasteiger partial charge in [0.1, 0.15) is 11.7 Å². The van der Waals surface area contributed by atoms with E-state index in [1.165, 1.54) is 4.90 Å². The van der Waals surface area contributed by atoms with E-state index in [4.69, 9.17) is 14.2 Å². The van der Waals surface area contributed by atoms with Crippen LogP contribution in [0.4, 0.5) is 16.2 Å². The zero-order chi connectivity index (χ0) is 24.6. The summed E-state index contributed by atoms with van der Waals surface area (Å²) in [4.78, 5) is 28.7. The van der Waals surface area contributed by atoms with E-state index in [2.05, 4.69) is 10.6 Å². The Labute approximate surface area is 203 Å². The maximum atomic E-state index is 13.8. The average molecular weight is 474 g/mol.